The van der Waals surface area contributed by atoms with Crippen molar-refractivity contribution in [3.05, 3.63) is 0 Å². The van der Waals surface area contributed by atoms with E-state index in [-0.39, 0.29) is 0 Å². The maximum atomic E-state index is 4.40. The molecule has 2 unspecified atom stereocenters. The summed E-state index contributed by atoms with van der Waals surface area (Å²) in [5, 5.41) is 0.779. The number of rotatable bonds is 6. The van der Waals surface area contributed by atoms with Crippen molar-refractivity contribution >= 4 is 24.4 Å². The van der Waals surface area contributed by atoms with Gasteiger partial charge in [-0.05, 0) is 29.3 Å². The van der Waals surface area contributed by atoms with Crippen LogP contribution in [0, 0.1) is 17.8 Å². The molecule has 0 bridgehead atoms. The molecule has 2 heteroatoms. The van der Waals surface area contributed by atoms with Crippen molar-refractivity contribution in [3.63, 3.8) is 0 Å². The Hall–Kier alpha value is 0.700. The van der Waals surface area contributed by atoms with E-state index in [2.05, 4.69) is 59.0 Å². The van der Waals surface area contributed by atoms with E-state index in [1.165, 1.54) is 5.75 Å². The third kappa shape index (κ3) is 5.90. The highest BCUT2D eigenvalue weighted by Gasteiger charge is 2.14. The van der Waals surface area contributed by atoms with Crippen molar-refractivity contribution < 1.29 is 0 Å². The zero-order chi connectivity index (χ0) is 10.4. The van der Waals surface area contributed by atoms with Crippen LogP contribution < -0.4 is 0 Å². The first-order valence-corrected chi connectivity index (χ1v) is 6.89. The van der Waals surface area contributed by atoms with Gasteiger partial charge in [-0.25, -0.2) is 0 Å². The Labute approximate surface area is 93.7 Å². The van der Waals surface area contributed by atoms with E-state index in [1.807, 2.05) is 0 Å². The fraction of sp³-hybridized carbons (Fsp3) is 1.00. The van der Waals surface area contributed by atoms with Crippen molar-refractivity contribution in [1.82, 2.24) is 0 Å². The Morgan fingerprint density at radius 3 is 1.85 bits per heavy atom. The summed E-state index contributed by atoms with van der Waals surface area (Å²) in [4.78, 5) is 0. The van der Waals surface area contributed by atoms with E-state index in [0.717, 1.165) is 28.8 Å². The lowest BCUT2D eigenvalue weighted by molar-refractivity contribution is 0.471. The van der Waals surface area contributed by atoms with Crippen LogP contribution in [-0.2, 0) is 0 Å². The first-order chi connectivity index (χ1) is 5.99. The average Bonchev–Trinajstić information content (AvgIpc) is 2.04. The van der Waals surface area contributed by atoms with Crippen LogP contribution in [0.25, 0.3) is 0 Å². The van der Waals surface area contributed by atoms with Gasteiger partial charge in [0.1, 0.15) is 0 Å². The van der Waals surface area contributed by atoms with Crippen molar-refractivity contribution in [2.75, 3.05) is 11.5 Å². The van der Waals surface area contributed by atoms with Crippen LogP contribution in [0.4, 0.5) is 0 Å². The van der Waals surface area contributed by atoms with Crippen LogP contribution in [0.1, 0.15) is 34.6 Å². The predicted molar refractivity (Wildman–Crippen MR) is 68.9 cm³/mol. The molecule has 0 saturated carbocycles. The van der Waals surface area contributed by atoms with Gasteiger partial charge in [-0.2, -0.15) is 24.4 Å². The molecule has 80 valence electrons. The number of hydrogen-bond acceptors (Lipinski definition) is 2. The summed E-state index contributed by atoms with van der Waals surface area (Å²) in [6.07, 6.45) is 0. The van der Waals surface area contributed by atoms with E-state index in [0.29, 0.717) is 0 Å². The molecule has 13 heavy (non-hydrogen) atoms. The summed E-state index contributed by atoms with van der Waals surface area (Å²) in [5.41, 5.74) is 0. The van der Waals surface area contributed by atoms with E-state index >= 15 is 0 Å². The summed E-state index contributed by atoms with van der Waals surface area (Å²) in [6.45, 7) is 11.5. The Morgan fingerprint density at radius 2 is 1.54 bits per heavy atom. The van der Waals surface area contributed by atoms with Gasteiger partial charge in [0.25, 0.3) is 0 Å². The van der Waals surface area contributed by atoms with Gasteiger partial charge in [0.15, 0.2) is 0 Å². The molecule has 0 nitrogen and oxygen atoms in total. The monoisotopic (exact) mass is 220 g/mol. The molecule has 0 aliphatic carbocycles. The maximum Gasteiger partial charge on any atom is 0.00418 e. The second kappa shape index (κ2) is 7.05. The zero-order valence-corrected chi connectivity index (χ0v) is 11.3. The van der Waals surface area contributed by atoms with Crippen LogP contribution in [0.15, 0.2) is 0 Å². The Morgan fingerprint density at radius 1 is 1.00 bits per heavy atom. The first-order valence-electron chi connectivity index (χ1n) is 5.21. The predicted octanol–water partition coefficient (Wildman–Crippen LogP) is 3.97. The number of thioether (sulfide) groups is 1. The number of hydrogen-bond donors (Lipinski definition) is 1. The minimum absolute atomic E-state index is 0.768. The SMILES string of the molecule is CC(C)C(CS)CSC(C)C(C)C. The Bertz CT molecular complexity index is 121. The zero-order valence-electron chi connectivity index (χ0n) is 9.58. The molecule has 0 aromatic rings. The Kier molecular flexibility index (Phi) is 7.43. The first kappa shape index (κ1) is 13.7. The summed E-state index contributed by atoms with van der Waals surface area (Å²) in [5.74, 6) is 4.62. The van der Waals surface area contributed by atoms with Crippen LogP contribution in [0.5, 0.6) is 0 Å². The van der Waals surface area contributed by atoms with Crippen LogP contribution in [-0.4, -0.2) is 16.8 Å². The van der Waals surface area contributed by atoms with Gasteiger partial charge in [0, 0.05) is 5.25 Å². The Balaban J connectivity index is 3.72. The van der Waals surface area contributed by atoms with Crippen molar-refractivity contribution in [3.8, 4) is 0 Å². The van der Waals surface area contributed by atoms with Crippen molar-refractivity contribution in [1.29, 1.82) is 0 Å². The maximum absolute atomic E-state index is 4.40. The second-order valence-corrected chi connectivity index (χ2v) is 6.24. The molecule has 0 fully saturated rings. The summed E-state index contributed by atoms with van der Waals surface area (Å²) in [7, 11) is 0. The van der Waals surface area contributed by atoms with Gasteiger partial charge in [0.2, 0.25) is 0 Å². The third-order valence-corrected chi connectivity index (χ3v) is 4.85. The molecule has 0 spiro atoms. The fourth-order valence-corrected chi connectivity index (χ4v) is 3.09. The lowest BCUT2D eigenvalue weighted by Crippen LogP contribution is -2.16. The smallest absolute Gasteiger partial charge is 0.00418 e. The molecule has 2 atom stereocenters. The fourth-order valence-electron chi connectivity index (χ4n) is 0.924. The molecule has 0 aromatic heterocycles. The molecule has 0 radical (unpaired) electrons. The number of thiol groups is 1. The quantitative estimate of drug-likeness (QED) is 0.661. The lowest BCUT2D eigenvalue weighted by atomic mass is 10.0. The van der Waals surface area contributed by atoms with Crippen molar-refractivity contribution in [2.45, 2.75) is 39.9 Å². The van der Waals surface area contributed by atoms with Gasteiger partial charge >= 0.3 is 0 Å². The molecular weight excluding hydrogens is 196 g/mol. The van der Waals surface area contributed by atoms with E-state index in [4.69, 9.17) is 0 Å². The summed E-state index contributed by atoms with van der Waals surface area (Å²) < 4.78 is 0. The molecule has 0 rings (SSSR count). The molecule has 0 amide bonds. The average molecular weight is 220 g/mol. The van der Waals surface area contributed by atoms with E-state index in [9.17, 15) is 0 Å². The summed E-state index contributed by atoms with van der Waals surface area (Å²) >= 11 is 6.49. The van der Waals surface area contributed by atoms with Gasteiger partial charge < -0.3 is 0 Å². The molecule has 0 aromatic carbocycles. The van der Waals surface area contributed by atoms with Crippen LogP contribution in [0.2, 0.25) is 0 Å². The summed E-state index contributed by atoms with van der Waals surface area (Å²) in [6, 6.07) is 0. The van der Waals surface area contributed by atoms with Gasteiger partial charge in [-0.1, -0.05) is 34.6 Å². The normalized spacial score (nSPS) is 16.6. The van der Waals surface area contributed by atoms with Crippen LogP contribution in [0.3, 0.4) is 0 Å². The minimum atomic E-state index is 0.768. The molecule has 0 aliphatic heterocycles. The minimum Gasteiger partial charge on any atom is -0.179 e. The highest BCUT2D eigenvalue weighted by molar-refractivity contribution is 7.99. The molecule has 0 heterocycles. The topological polar surface area (TPSA) is 0 Å². The van der Waals surface area contributed by atoms with Gasteiger partial charge in [0.05, 0.1) is 0 Å². The van der Waals surface area contributed by atoms with E-state index < -0.39 is 0 Å². The third-order valence-electron chi connectivity index (χ3n) is 2.69. The standard InChI is InChI=1S/C11H24S2/c1-8(2)10(5)13-7-11(6-12)9(3)4/h8-12H,6-7H2,1-5H3. The largest absolute Gasteiger partial charge is 0.179 e. The van der Waals surface area contributed by atoms with E-state index in [1.54, 1.807) is 0 Å². The van der Waals surface area contributed by atoms with Gasteiger partial charge in [-0.15, -0.1) is 0 Å². The molecule has 0 aliphatic rings. The molecule has 0 saturated heterocycles. The highest BCUT2D eigenvalue weighted by atomic mass is 32.2. The molecule has 0 N–H and O–H groups in total. The van der Waals surface area contributed by atoms with Crippen molar-refractivity contribution in [2.24, 2.45) is 17.8 Å². The highest BCUT2D eigenvalue weighted by Crippen LogP contribution is 2.25. The van der Waals surface area contributed by atoms with Gasteiger partial charge in [-0.3, -0.25) is 0 Å². The lowest BCUT2D eigenvalue weighted by Gasteiger charge is -2.22. The van der Waals surface area contributed by atoms with Crippen LogP contribution >= 0.6 is 24.4 Å². The second-order valence-electron chi connectivity index (χ2n) is 4.47. The molecular formula is C11H24S2.